The molecule has 2 saturated carbocycles. The number of hydrogen-bond donors (Lipinski definition) is 1. The van der Waals surface area contributed by atoms with E-state index in [0.717, 1.165) is 11.8 Å². The first-order valence-corrected chi connectivity index (χ1v) is 8.20. The summed E-state index contributed by atoms with van der Waals surface area (Å²) in [6.45, 7) is 1.29. The van der Waals surface area contributed by atoms with E-state index in [2.05, 4.69) is 24.6 Å². The highest BCUT2D eigenvalue weighted by atomic mass is 32.1. The van der Waals surface area contributed by atoms with Crippen molar-refractivity contribution in [2.75, 3.05) is 19.3 Å². The maximum atomic E-state index is 4.69. The molecule has 0 N–H and O–H groups in total. The lowest BCUT2D eigenvalue weighted by atomic mass is 9.81. The molecule has 0 unspecified atom stereocenters. The van der Waals surface area contributed by atoms with E-state index >= 15 is 0 Å². The third-order valence-electron chi connectivity index (χ3n) is 5.03. The van der Waals surface area contributed by atoms with Gasteiger partial charge in [-0.3, -0.25) is 0 Å². The standard InChI is InChI=1S/C15H29NS/c1-16(14-8-4-5-9-14)12-15(13-17)10-6-2-3-7-11-15/h14,17H,2-13H2,1H3. The molecule has 0 radical (unpaired) electrons. The number of nitrogens with zero attached hydrogens (tertiary/aromatic N) is 1. The lowest BCUT2D eigenvalue weighted by Crippen LogP contribution is -2.41. The summed E-state index contributed by atoms with van der Waals surface area (Å²) in [6.07, 6.45) is 14.3. The van der Waals surface area contributed by atoms with Crippen LogP contribution in [0.3, 0.4) is 0 Å². The second-order valence-electron chi connectivity index (χ2n) is 6.43. The first-order valence-electron chi connectivity index (χ1n) is 7.57. The summed E-state index contributed by atoms with van der Waals surface area (Å²) in [7, 11) is 2.35. The highest BCUT2D eigenvalue weighted by Gasteiger charge is 2.33. The summed E-state index contributed by atoms with van der Waals surface area (Å²) in [5.74, 6) is 1.09. The van der Waals surface area contributed by atoms with Crippen molar-refractivity contribution in [2.45, 2.75) is 70.3 Å². The van der Waals surface area contributed by atoms with Gasteiger partial charge in [0, 0.05) is 12.6 Å². The minimum absolute atomic E-state index is 0.525. The summed E-state index contributed by atoms with van der Waals surface area (Å²) in [5, 5.41) is 0. The van der Waals surface area contributed by atoms with E-state index in [4.69, 9.17) is 0 Å². The van der Waals surface area contributed by atoms with Crippen molar-refractivity contribution < 1.29 is 0 Å². The first kappa shape index (κ1) is 13.7. The fourth-order valence-corrected chi connectivity index (χ4v) is 4.26. The monoisotopic (exact) mass is 255 g/mol. The molecule has 0 atom stereocenters. The molecule has 0 saturated heterocycles. The maximum absolute atomic E-state index is 4.69. The van der Waals surface area contributed by atoms with E-state index in [0.29, 0.717) is 5.41 Å². The van der Waals surface area contributed by atoms with Gasteiger partial charge in [-0.1, -0.05) is 38.5 Å². The first-order chi connectivity index (χ1) is 8.26. The van der Waals surface area contributed by atoms with Crippen molar-refractivity contribution in [3.8, 4) is 0 Å². The Morgan fingerprint density at radius 1 is 1.00 bits per heavy atom. The van der Waals surface area contributed by atoms with Crippen LogP contribution in [0.4, 0.5) is 0 Å². The Kier molecular flexibility index (Phi) is 5.23. The average molecular weight is 255 g/mol. The van der Waals surface area contributed by atoms with Gasteiger partial charge in [0.15, 0.2) is 0 Å². The Morgan fingerprint density at radius 2 is 1.59 bits per heavy atom. The molecular formula is C15H29NS. The van der Waals surface area contributed by atoms with Gasteiger partial charge in [-0.2, -0.15) is 12.6 Å². The molecule has 2 fully saturated rings. The summed E-state index contributed by atoms with van der Waals surface area (Å²) in [5.41, 5.74) is 0.525. The quantitative estimate of drug-likeness (QED) is 0.584. The van der Waals surface area contributed by atoms with Gasteiger partial charge in [-0.25, -0.2) is 0 Å². The van der Waals surface area contributed by atoms with Crippen LogP contribution < -0.4 is 0 Å². The summed E-state index contributed by atoms with van der Waals surface area (Å²) >= 11 is 4.69. The normalized spacial score (nSPS) is 26.3. The fraction of sp³-hybridized carbons (Fsp3) is 1.00. The van der Waals surface area contributed by atoms with E-state index in [1.165, 1.54) is 70.8 Å². The second-order valence-corrected chi connectivity index (χ2v) is 6.74. The van der Waals surface area contributed by atoms with Crippen LogP contribution in [-0.2, 0) is 0 Å². The van der Waals surface area contributed by atoms with E-state index in [1.54, 1.807) is 0 Å². The van der Waals surface area contributed by atoms with Crippen molar-refractivity contribution in [1.82, 2.24) is 4.90 Å². The Bertz CT molecular complexity index is 215. The number of hydrogen-bond acceptors (Lipinski definition) is 2. The average Bonchev–Trinajstić information content (AvgIpc) is 2.78. The zero-order valence-electron chi connectivity index (χ0n) is 11.5. The Hall–Kier alpha value is 0.310. The van der Waals surface area contributed by atoms with Crippen molar-refractivity contribution in [2.24, 2.45) is 5.41 Å². The highest BCUT2D eigenvalue weighted by molar-refractivity contribution is 7.80. The van der Waals surface area contributed by atoms with Crippen LogP contribution in [-0.4, -0.2) is 30.3 Å². The van der Waals surface area contributed by atoms with Crippen molar-refractivity contribution in [3.05, 3.63) is 0 Å². The van der Waals surface area contributed by atoms with Crippen LogP contribution in [0.5, 0.6) is 0 Å². The predicted molar refractivity (Wildman–Crippen MR) is 78.9 cm³/mol. The van der Waals surface area contributed by atoms with E-state index < -0.39 is 0 Å². The second kappa shape index (κ2) is 6.47. The van der Waals surface area contributed by atoms with Crippen LogP contribution in [0.1, 0.15) is 64.2 Å². The molecule has 0 spiro atoms. The maximum Gasteiger partial charge on any atom is 0.00924 e. The predicted octanol–water partition coefficient (Wildman–Crippen LogP) is 4.13. The van der Waals surface area contributed by atoms with Crippen LogP contribution in [0.15, 0.2) is 0 Å². The molecule has 1 nitrogen and oxygen atoms in total. The molecule has 0 bridgehead atoms. The van der Waals surface area contributed by atoms with E-state index in [-0.39, 0.29) is 0 Å². The van der Waals surface area contributed by atoms with Gasteiger partial charge in [-0.15, -0.1) is 0 Å². The lowest BCUT2D eigenvalue weighted by Gasteiger charge is -2.38. The van der Waals surface area contributed by atoms with Crippen LogP contribution in [0, 0.1) is 5.41 Å². The van der Waals surface area contributed by atoms with Gasteiger partial charge in [0.1, 0.15) is 0 Å². The molecule has 0 amide bonds. The van der Waals surface area contributed by atoms with Gasteiger partial charge in [0.05, 0.1) is 0 Å². The van der Waals surface area contributed by atoms with Crippen LogP contribution in [0.2, 0.25) is 0 Å². The molecule has 2 rings (SSSR count). The molecule has 2 aliphatic rings. The van der Waals surface area contributed by atoms with Crippen LogP contribution >= 0.6 is 12.6 Å². The van der Waals surface area contributed by atoms with Gasteiger partial charge in [0.25, 0.3) is 0 Å². The van der Waals surface area contributed by atoms with Crippen molar-refractivity contribution in [3.63, 3.8) is 0 Å². The molecule has 100 valence electrons. The van der Waals surface area contributed by atoms with Gasteiger partial charge in [-0.05, 0) is 43.9 Å². The molecule has 0 aromatic carbocycles. The summed E-state index contributed by atoms with van der Waals surface area (Å²) < 4.78 is 0. The minimum Gasteiger partial charge on any atom is -0.303 e. The number of rotatable bonds is 4. The summed E-state index contributed by atoms with van der Waals surface area (Å²) in [4.78, 5) is 2.66. The lowest BCUT2D eigenvalue weighted by molar-refractivity contribution is 0.137. The minimum atomic E-state index is 0.525. The molecule has 0 heterocycles. The molecular weight excluding hydrogens is 226 g/mol. The third-order valence-corrected chi connectivity index (χ3v) is 5.70. The molecule has 0 aromatic rings. The number of thiol groups is 1. The van der Waals surface area contributed by atoms with Gasteiger partial charge in [0.2, 0.25) is 0 Å². The van der Waals surface area contributed by atoms with Gasteiger partial charge < -0.3 is 4.90 Å². The zero-order chi connectivity index (χ0) is 12.1. The van der Waals surface area contributed by atoms with Crippen molar-refractivity contribution >= 4 is 12.6 Å². The smallest absolute Gasteiger partial charge is 0.00924 e. The zero-order valence-corrected chi connectivity index (χ0v) is 12.4. The Morgan fingerprint density at radius 3 is 2.12 bits per heavy atom. The third kappa shape index (κ3) is 3.64. The molecule has 0 aliphatic heterocycles. The largest absolute Gasteiger partial charge is 0.303 e. The van der Waals surface area contributed by atoms with Gasteiger partial charge >= 0.3 is 0 Å². The molecule has 0 aromatic heterocycles. The van der Waals surface area contributed by atoms with E-state index in [9.17, 15) is 0 Å². The molecule has 2 aliphatic carbocycles. The Balaban J connectivity index is 1.92. The topological polar surface area (TPSA) is 3.24 Å². The van der Waals surface area contributed by atoms with E-state index in [1.807, 2.05) is 0 Å². The van der Waals surface area contributed by atoms with Crippen molar-refractivity contribution in [1.29, 1.82) is 0 Å². The molecule has 17 heavy (non-hydrogen) atoms. The van der Waals surface area contributed by atoms with Crippen LogP contribution in [0.25, 0.3) is 0 Å². The molecule has 2 heteroatoms. The summed E-state index contributed by atoms with van der Waals surface area (Å²) in [6, 6.07) is 0.870. The highest BCUT2D eigenvalue weighted by Crippen LogP contribution is 2.38. The SMILES string of the molecule is CN(CC1(CS)CCCCCC1)C1CCCC1. The Labute approximate surface area is 113 Å². The fourth-order valence-electron chi connectivity index (χ4n) is 3.85.